The van der Waals surface area contributed by atoms with Crippen LogP contribution in [0.4, 0.5) is 0 Å². The van der Waals surface area contributed by atoms with Crippen molar-refractivity contribution in [1.82, 2.24) is 40.6 Å². The number of nitrogens with zero attached hydrogens (tertiary/aromatic N) is 6. The second-order valence-electron chi connectivity index (χ2n) is 10.3. The normalized spacial score (nSPS) is 33.4. The number of aliphatic hydroxyl groups is 1. The number of hydrogen-bond donors (Lipinski definition) is 5. The molecule has 206 valence electrons. The fraction of sp³-hybridized carbons (Fsp3) is 0.682. The van der Waals surface area contributed by atoms with Crippen molar-refractivity contribution in [3.63, 3.8) is 0 Å². The van der Waals surface area contributed by atoms with E-state index in [4.69, 9.17) is 5.73 Å². The minimum absolute atomic E-state index is 0.0237. The number of carbonyl (C=O) groups excluding carboxylic acids is 3. The molecule has 0 saturated carbocycles. The zero-order chi connectivity index (χ0) is 27.3. The van der Waals surface area contributed by atoms with Gasteiger partial charge in [-0.3, -0.25) is 14.4 Å². The van der Waals surface area contributed by atoms with Crippen LogP contribution in [0.25, 0.3) is 0 Å². The summed E-state index contributed by atoms with van der Waals surface area (Å²) in [7, 11) is 0. The molecule has 0 aromatic carbocycles. The summed E-state index contributed by atoms with van der Waals surface area (Å²) >= 11 is 1.39. The second-order valence-corrected chi connectivity index (χ2v) is 11.6. The molecule has 3 saturated heterocycles. The van der Waals surface area contributed by atoms with E-state index >= 15 is 0 Å². The first-order chi connectivity index (χ1) is 18.1. The molecule has 0 radical (unpaired) electrons. The number of likely N-dealkylation sites (tertiary alicyclic amines) is 1. The number of tetrazole rings is 1. The van der Waals surface area contributed by atoms with Gasteiger partial charge >= 0.3 is 5.97 Å². The van der Waals surface area contributed by atoms with E-state index in [1.54, 1.807) is 11.8 Å². The van der Waals surface area contributed by atoms with Crippen molar-refractivity contribution in [3.05, 3.63) is 16.9 Å². The summed E-state index contributed by atoms with van der Waals surface area (Å²) in [5, 5.41) is 36.5. The number of fused-ring (bicyclic) bond motifs is 1. The Morgan fingerprint density at radius 2 is 2.11 bits per heavy atom. The molecule has 0 unspecified atom stereocenters. The van der Waals surface area contributed by atoms with E-state index in [-0.39, 0.29) is 53.7 Å². The number of rotatable bonds is 8. The van der Waals surface area contributed by atoms with E-state index in [1.165, 1.54) is 27.7 Å². The van der Waals surface area contributed by atoms with Crippen LogP contribution in [0.3, 0.4) is 0 Å². The predicted molar refractivity (Wildman–Crippen MR) is 132 cm³/mol. The summed E-state index contributed by atoms with van der Waals surface area (Å²) in [6.07, 6.45) is 1.06. The molecule has 8 atom stereocenters. The number of aliphatic hydroxyl groups excluding tert-OH is 1. The third-order valence-corrected chi connectivity index (χ3v) is 9.25. The number of β-lactam (4-membered cyclic amide) rings is 1. The van der Waals surface area contributed by atoms with Crippen molar-refractivity contribution in [1.29, 1.82) is 0 Å². The molecule has 38 heavy (non-hydrogen) atoms. The first-order valence-corrected chi connectivity index (χ1v) is 13.4. The number of amides is 3. The van der Waals surface area contributed by atoms with Crippen molar-refractivity contribution < 1.29 is 29.4 Å². The topological polar surface area (TPSA) is 209 Å². The third-order valence-electron chi connectivity index (χ3n) is 7.74. The first-order valence-electron chi connectivity index (χ1n) is 12.5. The quantitative estimate of drug-likeness (QED) is 0.205. The SMILES string of the molecule is C[C@@H](NC(=O)Cn1cnnn1)[C@H]1C(=O)N2C(C(=O)O)=C(S[C@@H]3CN[C@H](C(=O)N4C[C@@H](N)[C@H](O)C4)C3)[C@H](C)[C@H]12. The van der Waals surface area contributed by atoms with Crippen LogP contribution in [0.2, 0.25) is 0 Å². The molecule has 1 aromatic heterocycles. The number of nitrogens with one attached hydrogen (secondary N) is 2. The molecular formula is C22H31N9O6S. The molecule has 3 fully saturated rings. The molecule has 5 heterocycles. The fourth-order valence-corrected chi connectivity index (χ4v) is 7.34. The van der Waals surface area contributed by atoms with E-state index in [0.29, 0.717) is 24.4 Å². The Bertz CT molecular complexity index is 1150. The van der Waals surface area contributed by atoms with Gasteiger partial charge in [-0.1, -0.05) is 6.92 Å². The Balaban J connectivity index is 1.23. The third kappa shape index (κ3) is 4.65. The molecule has 0 bridgehead atoms. The molecule has 5 rings (SSSR count). The molecule has 0 spiro atoms. The number of aliphatic carboxylic acids is 1. The molecule has 15 nitrogen and oxygen atoms in total. The lowest BCUT2D eigenvalue weighted by atomic mass is 9.78. The molecule has 16 heteroatoms. The molecule has 3 amide bonds. The highest BCUT2D eigenvalue weighted by Gasteiger charge is 2.60. The van der Waals surface area contributed by atoms with Crippen molar-refractivity contribution in [2.24, 2.45) is 17.6 Å². The molecular weight excluding hydrogens is 518 g/mol. The highest BCUT2D eigenvalue weighted by Crippen LogP contribution is 2.51. The van der Waals surface area contributed by atoms with Crippen LogP contribution < -0.4 is 16.4 Å². The zero-order valence-corrected chi connectivity index (χ0v) is 21.7. The van der Waals surface area contributed by atoms with Crippen molar-refractivity contribution in [2.45, 2.75) is 62.3 Å². The van der Waals surface area contributed by atoms with Gasteiger partial charge in [-0.2, -0.15) is 0 Å². The van der Waals surface area contributed by atoms with E-state index in [2.05, 4.69) is 26.2 Å². The zero-order valence-electron chi connectivity index (χ0n) is 20.9. The second kappa shape index (κ2) is 10.2. The largest absolute Gasteiger partial charge is 0.477 e. The lowest BCUT2D eigenvalue weighted by molar-refractivity contribution is -0.158. The smallest absolute Gasteiger partial charge is 0.353 e. The number of hydrogen-bond acceptors (Lipinski definition) is 11. The number of carboxylic acids is 1. The van der Waals surface area contributed by atoms with E-state index < -0.39 is 36.1 Å². The average Bonchev–Trinajstić information content (AvgIpc) is 3.63. The van der Waals surface area contributed by atoms with Gasteiger partial charge in [0.15, 0.2) is 0 Å². The van der Waals surface area contributed by atoms with Gasteiger partial charge in [-0.25, -0.2) is 9.48 Å². The summed E-state index contributed by atoms with van der Waals surface area (Å²) < 4.78 is 1.27. The lowest BCUT2D eigenvalue weighted by Gasteiger charge is -2.47. The van der Waals surface area contributed by atoms with Crippen LogP contribution in [0, 0.1) is 11.8 Å². The summed E-state index contributed by atoms with van der Waals surface area (Å²) in [5.41, 5.74) is 5.81. The van der Waals surface area contributed by atoms with Crippen LogP contribution in [-0.2, 0) is 25.7 Å². The van der Waals surface area contributed by atoms with E-state index in [9.17, 15) is 29.4 Å². The number of nitrogens with two attached hydrogens (primary N) is 1. The minimum Gasteiger partial charge on any atom is -0.477 e. The van der Waals surface area contributed by atoms with Gasteiger partial charge in [0.1, 0.15) is 18.6 Å². The summed E-state index contributed by atoms with van der Waals surface area (Å²) in [6.45, 7) is 4.52. The average molecular weight is 550 g/mol. The van der Waals surface area contributed by atoms with Crippen molar-refractivity contribution in [2.75, 3.05) is 19.6 Å². The molecule has 4 aliphatic rings. The lowest BCUT2D eigenvalue weighted by Crippen LogP contribution is -2.66. The maximum atomic E-state index is 13.1. The van der Waals surface area contributed by atoms with Crippen molar-refractivity contribution in [3.8, 4) is 0 Å². The molecule has 0 aliphatic carbocycles. The maximum absolute atomic E-state index is 13.1. The summed E-state index contributed by atoms with van der Waals surface area (Å²) in [6, 6.07) is -1.82. The van der Waals surface area contributed by atoms with Crippen LogP contribution in [0.5, 0.6) is 0 Å². The number of β-amino-alcohol motifs (C(OH)–C–C–N with tert-alkyl or cyclic N) is 1. The van der Waals surface area contributed by atoms with Crippen LogP contribution in [0.15, 0.2) is 16.9 Å². The first kappa shape index (κ1) is 26.5. The maximum Gasteiger partial charge on any atom is 0.353 e. The number of aromatic nitrogens is 4. The number of thioether (sulfide) groups is 1. The van der Waals surface area contributed by atoms with Gasteiger partial charge in [-0.15, -0.1) is 16.9 Å². The highest BCUT2D eigenvalue weighted by molar-refractivity contribution is 8.03. The van der Waals surface area contributed by atoms with Gasteiger partial charge in [0.05, 0.1) is 24.1 Å². The molecule has 4 aliphatic heterocycles. The van der Waals surface area contributed by atoms with Gasteiger partial charge in [-0.05, 0) is 23.8 Å². The monoisotopic (exact) mass is 549 g/mol. The molecule has 6 N–H and O–H groups in total. The fourth-order valence-electron chi connectivity index (χ4n) is 5.86. The number of carbonyl (C=O) groups is 4. The van der Waals surface area contributed by atoms with E-state index in [1.807, 2.05) is 6.92 Å². The molecule has 1 aromatic rings. The van der Waals surface area contributed by atoms with Gasteiger partial charge in [0.25, 0.3) is 0 Å². The minimum atomic E-state index is -1.18. The Labute approximate surface area is 222 Å². The number of carboxylic acid groups (broad SMARTS) is 1. The predicted octanol–water partition coefficient (Wildman–Crippen LogP) is -3.06. The standard InChI is InChI=1S/C22H31N9O6S/c1-9-17-16(10(2)26-15(33)7-30-8-25-27-28-30)21(35)31(17)18(22(36)37)19(9)38-11-3-13(24-4-11)20(34)29-5-12(23)14(32)6-29/h8-14,16-17,24,32H,3-7,23H2,1-2H3,(H,26,33)(H,36,37)/t9-,10-,11+,12-,13+,14-,16-,17-/m1/s1. The van der Waals surface area contributed by atoms with Gasteiger partial charge in [0.2, 0.25) is 17.7 Å². The van der Waals surface area contributed by atoms with Crippen molar-refractivity contribution >= 4 is 35.5 Å². The van der Waals surface area contributed by atoms with Crippen LogP contribution in [-0.4, -0.2) is 119 Å². The van der Waals surface area contributed by atoms with E-state index in [0.717, 1.165) is 0 Å². The highest BCUT2D eigenvalue weighted by atomic mass is 32.2. The Hall–Kier alpha value is -3.08. The van der Waals surface area contributed by atoms with Crippen LogP contribution in [0.1, 0.15) is 20.3 Å². The van der Waals surface area contributed by atoms with Gasteiger partial charge in [0, 0.05) is 47.8 Å². The Morgan fingerprint density at radius 3 is 2.74 bits per heavy atom. The van der Waals surface area contributed by atoms with Crippen LogP contribution >= 0.6 is 11.8 Å². The van der Waals surface area contributed by atoms with Gasteiger partial charge < -0.3 is 36.4 Å². The summed E-state index contributed by atoms with van der Waals surface area (Å²) in [4.78, 5) is 54.2. The Kier molecular flexibility index (Phi) is 7.15. The summed E-state index contributed by atoms with van der Waals surface area (Å²) in [5.74, 6) is -2.83. The Morgan fingerprint density at radius 1 is 1.34 bits per heavy atom.